The molecule has 104 valence electrons. The molecule has 4 heteroatoms. The Balaban J connectivity index is 1.62. The van der Waals surface area contributed by atoms with Crippen molar-refractivity contribution in [2.45, 2.75) is 36.7 Å². The summed E-state index contributed by atoms with van der Waals surface area (Å²) < 4.78 is 0. The third-order valence-electron chi connectivity index (χ3n) is 3.44. The van der Waals surface area contributed by atoms with Crippen LogP contribution >= 0.6 is 11.8 Å². The summed E-state index contributed by atoms with van der Waals surface area (Å²) in [5.41, 5.74) is -0.734. The van der Waals surface area contributed by atoms with E-state index in [1.807, 2.05) is 37.3 Å². The molecule has 19 heavy (non-hydrogen) atoms. The molecule has 1 fully saturated rings. The van der Waals surface area contributed by atoms with Crippen LogP contribution in [0.3, 0.4) is 0 Å². The van der Waals surface area contributed by atoms with Crippen LogP contribution in [0.25, 0.3) is 0 Å². The summed E-state index contributed by atoms with van der Waals surface area (Å²) in [6, 6.07) is 10.1. The van der Waals surface area contributed by atoms with Crippen LogP contribution in [0, 0.1) is 5.92 Å². The van der Waals surface area contributed by atoms with Crippen LogP contribution in [0.2, 0.25) is 0 Å². The van der Waals surface area contributed by atoms with Crippen molar-refractivity contribution < 1.29 is 9.90 Å². The summed E-state index contributed by atoms with van der Waals surface area (Å²) in [7, 11) is 0. The average Bonchev–Trinajstić information content (AvgIpc) is 3.22. The van der Waals surface area contributed by atoms with Gasteiger partial charge in [-0.05, 0) is 37.8 Å². The quantitative estimate of drug-likeness (QED) is 0.754. The predicted octanol–water partition coefficient (Wildman–Crippen LogP) is 2.45. The molecule has 0 aromatic heterocycles. The van der Waals surface area contributed by atoms with Crippen LogP contribution in [0.15, 0.2) is 35.2 Å². The van der Waals surface area contributed by atoms with E-state index in [0.717, 1.165) is 18.6 Å². The van der Waals surface area contributed by atoms with Crippen LogP contribution < -0.4 is 5.32 Å². The molecule has 0 saturated heterocycles. The number of hydrogen-bond donors (Lipinski definition) is 2. The van der Waals surface area contributed by atoms with Gasteiger partial charge in [0.2, 0.25) is 5.91 Å². The molecular formula is C15H21NO2S. The Morgan fingerprint density at radius 2 is 2.11 bits per heavy atom. The van der Waals surface area contributed by atoms with Gasteiger partial charge < -0.3 is 10.4 Å². The van der Waals surface area contributed by atoms with E-state index in [2.05, 4.69) is 5.32 Å². The molecule has 2 N–H and O–H groups in total. The number of carbonyl (C=O) groups excluding carboxylic acids is 1. The lowest BCUT2D eigenvalue weighted by molar-refractivity contribution is -0.122. The molecule has 1 saturated carbocycles. The lowest BCUT2D eigenvalue weighted by Gasteiger charge is -2.23. The first-order valence-electron chi connectivity index (χ1n) is 6.75. The fourth-order valence-electron chi connectivity index (χ4n) is 1.99. The second-order valence-electron chi connectivity index (χ2n) is 5.32. The smallest absolute Gasteiger partial charge is 0.220 e. The molecule has 1 aliphatic carbocycles. The Kier molecular flexibility index (Phi) is 4.88. The van der Waals surface area contributed by atoms with E-state index in [1.54, 1.807) is 11.8 Å². The normalized spacial score (nSPS) is 17.8. The number of nitrogens with one attached hydrogen (secondary N) is 1. The summed E-state index contributed by atoms with van der Waals surface area (Å²) in [6.07, 6.45) is 2.64. The molecule has 1 amide bonds. The van der Waals surface area contributed by atoms with Gasteiger partial charge in [0.1, 0.15) is 0 Å². The Morgan fingerprint density at radius 3 is 2.74 bits per heavy atom. The molecule has 1 aliphatic rings. The van der Waals surface area contributed by atoms with Gasteiger partial charge in [0.05, 0.1) is 5.60 Å². The number of hydrogen-bond acceptors (Lipinski definition) is 3. The Morgan fingerprint density at radius 1 is 1.42 bits per heavy atom. The SMILES string of the molecule is CC(O)(CNC(=O)CCSc1ccccc1)C1CC1. The van der Waals surface area contributed by atoms with Gasteiger partial charge in [-0.1, -0.05) is 18.2 Å². The highest BCUT2D eigenvalue weighted by molar-refractivity contribution is 7.99. The predicted molar refractivity (Wildman–Crippen MR) is 78.1 cm³/mol. The first kappa shape index (κ1) is 14.4. The van der Waals surface area contributed by atoms with Crippen molar-refractivity contribution in [1.82, 2.24) is 5.32 Å². The standard InChI is InChI=1S/C15H21NO2S/c1-15(18,12-7-8-12)11-16-14(17)9-10-19-13-5-3-2-4-6-13/h2-6,12,18H,7-11H2,1H3,(H,16,17). The number of rotatable bonds is 7. The number of thioether (sulfide) groups is 1. The summed E-state index contributed by atoms with van der Waals surface area (Å²) in [5.74, 6) is 1.15. The summed E-state index contributed by atoms with van der Waals surface area (Å²) in [6.45, 7) is 2.18. The van der Waals surface area contributed by atoms with Crippen molar-refractivity contribution in [2.75, 3.05) is 12.3 Å². The van der Waals surface area contributed by atoms with Crippen molar-refractivity contribution in [2.24, 2.45) is 5.92 Å². The van der Waals surface area contributed by atoms with Gasteiger partial charge in [0, 0.05) is 23.6 Å². The van der Waals surface area contributed by atoms with Gasteiger partial charge in [0.25, 0.3) is 0 Å². The number of carbonyl (C=O) groups is 1. The van der Waals surface area contributed by atoms with Crippen LogP contribution in [0.1, 0.15) is 26.2 Å². The average molecular weight is 279 g/mol. The largest absolute Gasteiger partial charge is 0.388 e. The van der Waals surface area contributed by atoms with Gasteiger partial charge in [0.15, 0.2) is 0 Å². The van der Waals surface area contributed by atoms with Crippen molar-refractivity contribution in [3.8, 4) is 0 Å². The van der Waals surface area contributed by atoms with Crippen molar-refractivity contribution in [3.63, 3.8) is 0 Å². The molecule has 1 unspecified atom stereocenters. The van der Waals surface area contributed by atoms with E-state index >= 15 is 0 Å². The molecule has 0 bridgehead atoms. The molecule has 1 aromatic rings. The van der Waals surface area contributed by atoms with E-state index in [-0.39, 0.29) is 5.91 Å². The molecule has 2 rings (SSSR count). The minimum Gasteiger partial charge on any atom is -0.388 e. The first-order chi connectivity index (χ1) is 9.08. The molecule has 0 heterocycles. The van der Waals surface area contributed by atoms with Gasteiger partial charge >= 0.3 is 0 Å². The first-order valence-corrected chi connectivity index (χ1v) is 7.73. The highest BCUT2D eigenvalue weighted by Crippen LogP contribution is 2.38. The van der Waals surface area contributed by atoms with Crippen LogP contribution in [-0.2, 0) is 4.79 Å². The van der Waals surface area contributed by atoms with Gasteiger partial charge in [-0.2, -0.15) is 0 Å². The maximum Gasteiger partial charge on any atom is 0.220 e. The zero-order valence-corrected chi connectivity index (χ0v) is 12.1. The molecule has 1 aromatic carbocycles. The van der Waals surface area contributed by atoms with E-state index < -0.39 is 5.60 Å². The third-order valence-corrected chi connectivity index (χ3v) is 4.46. The Hall–Kier alpha value is -1.00. The van der Waals surface area contributed by atoms with Crippen LogP contribution in [0.5, 0.6) is 0 Å². The molecule has 0 radical (unpaired) electrons. The van der Waals surface area contributed by atoms with Gasteiger partial charge in [-0.15, -0.1) is 11.8 Å². The van der Waals surface area contributed by atoms with Gasteiger partial charge in [-0.3, -0.25) is 4.79 Å². The number of amides is 1. The second kappa shape index (κ2) is 6.44. The topological polar surface area (TPSA) is 49.3 Å². The maximum absolute atomic E-state index is 11.7. The van der Waals surface area contributed by atoms with E-state index in [9.17, 15) is 9.90 Å². The molecule has 0 aliphatic heterocycles. The van der Waals surface area contributed by atoms with E-state index in [4.69, 9.17) is 0 Å². The fourth-order valence-corrected chi connectivity index (χ4v) is 2.87. The highest BCUT2D eigenvalue weighted by atomic mass is 32.2. The Labute approximate surface area is 118 Å². The fraction of sp³-hybridized carbons (Fsp3) is 0.533. The summed E-state index contributed by atoms with van der Waals surface area (Å²) in [5, 5.41) is 12.9. The van der Waals surface area contributed by atoms with Crippen molar-refractivity contribution >= 4 is 17.7 Å². The van der Waals surface area contributed by atoms with Gasteiger partial charge in [-0.25, -0.2) is 0 Å². The zero-order valence-electron chi connectivity index (χ0n) is 11.3. The summed E-state index contributed by atoms with van der Waals surface area (Å²) in [4.78, 5) is 12.9. The minimum atomic E-state index is -0.734. The van der Waals surface area contributed by atoms with Crippen LogP contribution in [0.4, 0.5) is 0 Å². The highest BCUT2D eigenvalue weighted by Gasteiger charge is 2.39. The maximum atomic E-state index is 11.7. The van der Waals surface area contributed by atoms with E-state index in [0.29, 0.717) is 18.9 Å². The second-order valence-corrected chi connectivity index (χ2v) is 6.49. The lowest BCUT2D eigenvalue weighted by atomic mass is 10.0. The summed E-state index contributed by atoms with van der Waals surface area (Å²) >= 11 is 1.68. The zero-order chi connectivity index (χ0) is 13.7. The number of benzene rings is 1. The molecule has 1 atom stereocenters. The van der Waals surface area contributed by atoms with Crippen molar-refractivity contribution in [3.05, 3.63) is 30.3 Å². The Bertz CT molecular complexity index is 415. The minimum absolute atomic E-state index is 0.0179. The molecule has 0 spiro atoms. The third kappa shape index (κ3) is 4.88. The number of aliphatic hydroxyl groups is 1. The van der Waals surface area contributed by atoms with E-state index in [1.165, 1.54) is 4.90 Å². The molecular weight excluding hydrogens is 258 g/mol. The van der Waals surface area contributed by atoms with Crippen LogP contribution in [-0.4, -0.2) is 28.9 Å². The lowest BCUT2D eigenvalue weighted by Crippen LogP contribution is -2.42. The van der Waals surface area contributed by atoms with Crippen molar-refractivity contribution in [1.29, 1.82) is 0 Å². The monoisotopic (exact) mass is 279 g/mol. The molecule has 3 nitrogen and oxygen atoms in total.